The number of halogens is 1. The Hall–Kier alpha value is -5.60. The molecule has 0 spiro atoms. The molecule has 1 fully saturated rings. The standard InChI is InChI=1S/C41H49FN8O6/c1-39(2,3)54-36(51)47-20-12-15-31(47)33-28(42)21-24(23-43-33)34-45-32-18-19-44-50(32)35(46-34)48(37(52)55-40(4,5)6)25-16-17-30-27(22-25)26-13-10-11-14-29(26)49(30)38(53)56-41(7,8)9/h10-11,13-14,18-19,21,23,25,31H,12,15-17,20,22H2,1-9H3/t25-,31-/m1/s1. The molecule has 1 aromatic carbocycles. The van der Waals surface area contributed by atoms with E-state index in [-0.39, 0.29) is 23.0 Å². The van der Waals surface area contributed by atoms with Gasteiger partial charge in [-0.05, 0) is 112 Å². The van der Waals surface area contributed by atoms with Crippen molar-refractivity contribution in [1.29, 1.82) is 0 Å². The van der Waals surface area contributed by atoms with Gasteiger partial charge in [0.1, 0.15) is 22.6 Å². The van der Waals surface area contributed by atoms with E-state index in [1.54, 1.807) is 58.4 Å². The van der Waals surface area contributed by atoms with Crippen molar-refractivity contribution < 1.29 is 33.0 Å². The number of hydrogen-bond acceptors (Lipinski definition) is 10. The minimum atomic E-state index is -0.850. The van der Waals surface area contributed by atoms with E-state index in [1.807, 2.05) is 45.0 Å². The fourth-order valence-electron chi connectivity index (χ4n) is 7.43. The molecule has 0 saturated carbocycles. The minimum absolute atomic E-state index is 0.118. The Bertz CT molecular complexity index is 2330. The van der Waals surface area contributed by atoms with Crippen LogP contribution in [0.1, 0.15) is 105 Å². The van der Waals surface area contributed by atoms with Crippen LogP contribution in [-0.2, 0) is 27.1 Å². The van der Waals surface area contributed by atoms with E-state index < -0.39 is 53.0 Å². The molecule has 14 nitrogen and oxygen atoms in total. The van der Waals surface area contributed by atoms with Crippen molar-refractivity contribution >= 4 is 40.8 Å². The third-order valence-electron chi connectivity index (χ3n) is 9.55. The van der Waals surface area contributed by atoms with Crippen LogP contribution < -0.4 is 4.90 Å². The van der Waals surface area contributed by atoms with Crippen molar-refractivity contribution in [2.45, 2.75) is 123 Å². The van der Waals surface area contributed by atoms with Gasteiger partial charge in [0.2, 0.25) is 5.95 Å². The van der Waals surface area contributed by atoms with Crippen molar-refractivity contribution in [2.75, 3.05) is 11.4 Å². The molecule has 0 bridgehead atoms. The number of para-hydroxylation sites is 1. The van der Waals surface area contributed by atoms with Gasteiger partial charge in [0.05, 0.1) is 23.4 Å². The van der Waals surface area contributed by atoms with Crippen molar-refractivity contribution in [3.8, 4) is 11.4 Å². The fraction of sp³-hybridized carbons (Fsp3) is 0.488. The maximum Gasteiger partial charge on any atom is 0.419 e. The molecule has 296 valence electrons. The summed E-state index contributed by atoms with van der Waals surface area (Å²) >= 11 is 0. The Kier molecular flexibility index (Phi) is 9.78. The van der Waals surface area contributed by atoms with Crippen LogP contribution in [0.5, 0.6) is 0 Å². The second-order valence-electron chi connectivity index (χ2n) is 17.4. The maximum atomic E-state index is 16.1. The van der Waals surface area contributed by atoms with E-state index in [4.69, 9.17) is 19.2 Å². The van der Waals surface area contributed by atoms with Gasteiger partial charge in [0.15, 0.2) is 11.5 Å². The van der Waals surface area contributed by atoms with Crippen LogP contribution in [0, 0.1) is 5.82 Å². The number of carbonyl (C=O) groups excluding carboxylic acids is 3. The van der Waals surface area contributed by atoms with Gasteiger partial charge in [0.25, 0.3) is 0 Å². The number of amides is 2. The van der Waals surface area contributed by atoms with Crippen LogP contribution in [-0.4, -0.2) is 81.7 Å². The zero-order valence-electron chi connectivity index (χ0n) is 33.4. The molecule has 7 rings (SSSR count). The number of carbonyl (C=O) groups is 3. The Morgan fingerprint density at radius 3 is 2.27 bits per heavy atom. The highest BCUT2D eigenvalue weighted by Crippen LogP contribution is 2.38. The van der Waals surface area contributed by atoms with Crippen LogP contribution in [0.15, 0.2) is 48.8 Å². The van der Waals surface area contributed by atoms with E-state index in [0.29, 0.717) is 44.3 Å². The lowest BCUT2D eigenvalue weighted by molar-refractivity contribution is 0.0218. The molecule has 0 unspecified atom stereocenters. The topological polar surface area (TPSA) is 146 Å². The van der Waals surface area contributed by atoms with Crippen molar-refractivity contribution in [2.24, 2.45) is 0 Å². The Morgan fingerprint density at radius 1 is 0.875 bits per heavy atom. The molecule has 0 N–H and O–H groups in total. The van der Waals surface area contributed by atoms with Crippen LogP contribution in [0.25, 0.3) is 27.9 Å². The number of pyridine rings is 1. The Labute approximate surface area is 325 Å². The number of benzene rings is 1. The summed E-state index contributed by atoms with van der Waals surface area (Å²) in [5, 5.41) is 5.35. The summed E-state index contributed by atoms with van der Waals surface area (Å²) in [6.07, 6.45) is 3.89. The first-order chi connectivity index (χ1) is 26.3. The average Bonchev–Trinajstić information content (AvgIpc) is 3.84. The molecule has 15 heteroatoms. The average molecular weight is 769 g/mol. The quantitative estimate of drug-likeness (QED) is 0.163. The van der Waals surface area contributed by atoms with Gasteiger partial charge < -0.3 is 14.2 Å². The molecule has 0 radical (unpaired) electrons. The number of anilines is 1. The predicted octanol–water partition coefficient (Wildman–Crippen LogP) is 8.43. The lowest BCUT2D eigenvalue weighted by Gasteiger charge is -2.35. The first-order valence-electron chi connectivity index (χ1n) is 19.0. The van der Waals surface area contributed by atoms with Crippen molar-refractivity contribution in [3.05, 3.63) is 71.6 Å². The first kappa shape index (κ1) is 38.7. The Morgan fingerprint density at radius 2 is 1.57 bits per heavy atom. The zero-order valence-corrected chi connectivity index (χ0v) is 33.4. The summed E-state index contributed by atoms with van der Waals surface area (Å²) in [6, 6.07) is 9.56. The maximum absolute atomic E-state index is 16.1. The minimum Gasteiger partial charge on any atom is -0.444 e. The summed E-state index contributed by atoms with van der Waals surface area (Å²) in [4.78, 5) is 58.0. The predicted molar refractivity (Wildman–Crippen MR) is 207 cm³/mol. The highest BCUT2D eigenvalue weighted by atomic mass is 19.1. The Balaban J connectivity index is 1.28. The van der Waals surface area contributed by atoms with Gasteiger partial charge in [-0.25, -0.2) is 33.2 Å². The molecule has 56 heavy (non-hydrogen) atoms. The third-order valence-corrected chi connectivity index (χ3v) is 9.55. The zero-order chi connectivity index (χ0) is 40.3. The van der Waals surface area contributed by atoms with Gasteiger partial charge in [0, 0.05) is 41.5 Å². The number of nitrogens with zero attached hydrogens (tertiary/aromatic N) is 8. The summed E-state index contributed by atoms with van der Waals surface area (Å²) in [5.41, 5.74) is 0.974. The van der Waals surface area contributed by atoms with E-state index in [1.165, 1.54) is 26.6 Å². The van der Waals surface area contributed by atoms with E-state index in [0.717, 1.165) is 22.2 Å². The van der Waals surface area contributed by atoms with Gasteiger partial charge in [-0.3, -0.25) is 9.88 Å². The van der Waals surface area contributed by atoms with E-state index in [9.17, 15) is 14.4 Å². The molecule has 2 amide bonds. The smallest absolute Gasteiger partial charge is 0.419 e. The molecule has 2 atom stereocenters. The first-order valence-corrected chi connectivity index (χ1v) is 19.0. The van der Waals surface area contributed by atoms with Gasteiger partial charge in [-0.2, -0.15) is 14.6 Å². The highest BCUT2D eigenvalue weighted by molar-refractivity contribution is 5.94. The molecule has 5 heterocycles. The summed E-state index contributed by atoms with van der Waals surface area (Å²) < 4.78 is 36.6. The molecule has 2 aliphatic rings. The second-order valence-corrected chi connectivity index (χ2v) is 17.4. The highest BCUT2D eigenvalue weighted by Gasteiger charge is 2.39. The second kappa shape index (κ2) is 14.2. The number of fused-ring (bicyclic) bond motifs is 4. The molecule has 5 aromatic rings. The number of likely N-dealkylation sites (tertiary alicyclic amines) is 1. The monoisotopic (exact) mass is 768 g/mol. The SMILES string of the molecule is CC(C)(C)OC(=O)N1CCC[C@@H]1c1ncc(-c2nc(N(C(=O)OC(C)(C)C)[C@@H]3CCc4c(c5ccccc5n4C(=O)OC(C)(C)C)C3)n3nccc3n2)cc1F. The lowest BCUT2D eigenvalue weighted by atomic mass is 9.90. The van der Waals surface area contributed by atoms with Crippen LogP contribution in [0.3, 0.4) is 0 Å². The third kappa shape index (κ3) is 7.76. The molecule has 1 aliphatic heterocycles. The van der Waals surface area contributed by atoms with Gasteiger partial charge in [-0.1, -0.05) is 18.2 Å². The van der Waals surface area contributed by atoms with Crippen LogP contribution in [0.4, 0.5) is 24.7 Å². The van der Waals surface area contributed by atoms with Crippen LogP contribution in [0.2, 0.25) is 0 Å². The molecule has 1 saturated heterocycles. The summed E-state index contributed by atoms with van der Waals surface area (Å²) in [7, 11) is 0. The molecular formula is C41H49FN8O6. The number of aromatic nitrogens is 6. The lowest BCUT2D eigenvalue weighted by Crippen LogP contribution is -2.47. The van der Waals surface area contributed by atoms with Gasteiger partial charge in [-0.15, -0.1) is 0 Å². The normalized spacial score (nSPS) is 17.6. The number of rotatable bonds is 4. The van der Waals surface area contributed by atoms with E-state index in [2.05, 4.69) is 15.1 Å². The van der Waals surface area contributed by atoms with Crippen LogP contribution >= 0.6 is 0 Å². The molecule has 1 aliphatic carbocycles. The number of hydrogen-bond donors (Lipinski definition) is 0. The molecular weight excluding hydrogens is 719 g/mol. The molecule has 4 aromatic heterocycles. The van der Waals surface area contributed by atoms with Crippen molar-refractivity contribution in [3.63, 3.8) is 0 Å². The fourth-order valence-corrected chi connectivity index (χ4v) is 7.43. The largest absolute Gasteiger partial charge is 0.444 e. The summed E-state index contributed by atoms with van der Waals surface area (Å²) in [6.45, 7) is 16.6. The number of ether oxygens (including phenoxy) is 3. The van der Waals surface area contributed by atoms with Crippen molar-refractivity contribution in [1.82, 2.24) is 34.0 Å². The summed E-state index contributed by atoms with van der Waals surface area (Å²) in [5.74, 6) is -0.371. The van der Waals surface area contributed by atoms with Gasteiger partial charge >= 0.3 is 18.3 Å². The van der Waals surface area contributed by atoms with E-state index >= 15 is 4.39 Å².